The van der Waals surface area contributed by atoms with E-state index >= 15 is 4.39 Å². The van der Waals surface area contributed by atoms with E-state index in [2.05, 4.69) is 30.3 Å². The maximum absolute atomic E-state index is 15.7. The van der Waals surface area contributed by atoms with Gasteiger partial charge in [0.05, 0.1) is 23.4 Å². The van der Waals surface area contributed by atoms with E-state index < -0.39 is 27.1 Å². The number of ether oxygens (including phenoxy) is 1. The summed E-state index contributed by atoms with van der Waals surface area (Å²) in [5, 5.41) is 6.42. The van der Waals surface area contributed by atoms with Crippen molar-refractivity contribution in [3.63, 3.8) is 0 Å². The Balaban J connectivity index is 1.49. The number of carbonyl (C=O) groups excluding carboxylic acids is 1. The van der Waals surface area contributed by atoms with Crippen LogP contribution in [0.5, 0.6) is 5.88 Å². The fourth-order valence-electron chi connectivity index (χ4n) is 4.32. The molecule has 0 aliphatic carbocycles. The molecule has 1 atom stereocenters. The Labute approximate surface area is 232 Å². The number of pyridine rings is 2. The van der Waals surface area contributed by atoms with Gasteiger partial charge in [-0.05, 0) is 24.6 Å². The van der Waals surface area contributed by atoms with Crippen molar-refractivity contribution >= 4 is 50.2 Å². The molecule has 0 saturated carbocycles. The van der Waals surface area contributed by atoms with Gasteiger partial charge in [-0.15, -0.1) is 0 Å². The summed E-state index contributed by atoms with van der Waals surface area (Å²) in [7, 11) is -1.63. The first kappa shape index (κ1) is 27.3. The molecule has 208 valence electrons. The molecule has 4 aromatic rings. The Morgan fingerprint density at radius 1 is 1.18 bits per heavy atom. The number of amides is 1. The van der Waals surface area contributed by atoms with Crippen LogP contribution in [0.4, 0.5) is 16.0 Å². The lowest BCUT2D eigenvalue weighted by atomic mass is 10.0. The second kappa shape index (κ2) is 10.7. The average molecular weight is 588 g/mol. The van der Waals surface area contributed by atoms with Crippen LogP contribution in [0.25, 0.3) is 22.2 Å². The number of piperidine rings is 1. The van der Waals surface area contributed by atoms with E-state index in [1.807, 2.05) is 0 Å². The summed E-state index contributed by atoms with van der Waals surface area (Å²) in [6, 6.07) is 6.52. The van der Waals surface area contributed by atoms with Crippen LogP contribution >= 0.6 is 11.6 Å². The maximum Gasteiger partial charge on any atom is 0.267 e. The average Bonchev–Trinajstić information content (AvgIpc) is 2.93. The predicted molar refractivity (Wildman–Crippen MR) is 146 cm³/mol. The number of hydrogen-bond donors (Lipinski definition) is 3. The summed E-state index contributed by atoms with van der Waals surface area (Å²) in [5.74, 6) is -0.920. The smallest absolute Gasteiger partial charge is 0.267 e. The fraction of sp³-hybridized carbons (Fsp3) is 0.240. The lowest BCUT2D eigenvalue weighted by Gasteiger charge is -2.23. The van der Waals surface area contributed by atoms with Crippen molar-refractivity contribution in [3.05, 3.63) is 63.9 Å². The number of halogens is 2. The Hall–Kier alpha value is -4.30. The number of aromatic nitrogens is 4. The van der Waals surface area contributed by atoms with Crippen LogP contribution in [0.15, 0.2) is 52.4 Å². The molecule has 3 N–H and O–H groups in total. The lowest BCUT2D eigenvalue weighted by Crippen LogP contribution is -2.42. The highest BCUT2D eigenvalue weighted by Gasteiger charge is 2.25. The molecule has 0 bridgehead atoms. The van der Waals surface area contributed by atoms with Crippen molar-refractivity contribution in [1.29, 1.82) is 0 Å². The maximum atomic E-state index is 15.7. The first-order valence-electron chi connectivity index (χ1n) is 12.0. The highest BCUT2D eigenvalue weighted by atomic mass is 35.5. The van der Waals surface area contributed by atoms with E-state index in [4.69, 9.17) is 16.3 Å². The molecule has 1 unspecified atom stereocenters. The minimum atomic E-state index is -4.37. The first-order valence-corrected chi connectivity index (χ1v) is 13.8. The van der Waals surface area contributed by atoms with Gasteiger partial charge in [0.1, 0.15) is 5.65 Å². The number of hydrogen-bond acceptors (Lipinski definition) is 9. The van der Waals surface area contributed by atoms with Crippen LogP contribution in [0.3, 0.4) is 0 Å². The van der Waals surface area contributed by atoms with Crippen LogP contribution in [0, 0.1) is 5.82 Å². The van der Waals surface area contributed by atoms with Crippen molar-refractivity contribution < 1.29 is 22.3 Å². The molecule has 15 heteroatoms. The van der Waals surface area contributed by atoms with Crippen molar-refractivity contribution in [2.45, 2.75) is 23.8 Å². The van der Waals surface area contributed by atoms with E-state index in [0.29, 0.717) is 30.4 Å². The second-order valence-electron chi connectivity index (χ2n) is 9.01. The highest BCUT2D eigenvalue weighted by molar-refractivity contribution is 7.92. The van der Waals surface area contributed by atoms with E-state index in [9.17, 15) is 18.0 Å². The zero-order valence-corrected chi connectivity index (χ0v) is 22.8. The second-order valence-corrected chi connectivity index (χ2v) is 11.1. The van der Waals surface area contributed by atoms with Crippen LogP contribution in [0.2, 0.25) is 5.02 Å². The monoisotopic (exact) mass is 587 g/mol. The molecule has 12 nitrogen and oxygen atoms in total. The van der Waals surface area contributed by atoms with E-state index in [1.165, 1.54) is 55.4 Å². The Bertz CT molecular complexity index is 1810. The van der Waals surface area contributed by atoms with Gasteiger partial charge < -0.3 is 15.4 Å². The zero-order chi connectivity index (χ0) is 28.6. The normalized spacial score (nSPS) is 15.5. The number of nitrogens with zero attached hydrogens (tertiary/aromatic N) is 4. The minimum absolute atomic E-state index is 0.0160. The molecule has 40 heavy (non-hydrogen) atoms. The van der Waals surface area contributed by atoms with E-state index in [-0.39, 0.29) is 44.8 Å². The summed E-state index contributed by atoms with van der Waals surface area (Å²) >= 11 is 5.91. The molecule has 3 aromatic heterocycles. The molecule has 0 radical (unpaired) electrons. The number of aryl methyl sites for hydroxylation is 1. The number of fused-ring (bicyclic) bond motifs is 1. The van der Waals surface area contributed by atoms with Gasteiger partial charge in [0.25, 0.3) is 15.6 Å². The number of anilines is 2. The number of carbonyl (C=O) groups is 1. The summed E-state index contributed by atoms with van der Waals surface area (Å²) < 4.78 is 50.3. The number of methoxy groups -OCH3 is 1. The molecule has 1 aromatic carbocycles. The van der Waals surface area contributed by atoms with Gasteiger partial charge in [0, 0.05) is 49.4 Å². The summed E-state index contributed by atoms with van der Waals surface area (Å²) in [5.41, 5.74) is -0.781. The topological polar surface area (TPSA) is 157 Å². The van der Waals surface area contributed by atoms with Crippen LogP contribution < -0.4 is 25.7 Å². The molecule has 1 fully saturated rings. The molecular weight excluding hydrogens is 565 g/mol. The third-order valence-corrected chi connectivity index (χ3v) is 7.92. The largest absolute Gasteiger partial charge is 0.480 e. The molecule has 1 aliphatic heterocycles. The first-order chi connectivity index (χ1) is 19.1. The van der Waals surface area contributed by atoms with Crippen molar-refractivity contribution in [2.24, 2.45) is 7.05 Å². The quantitative estimate of drug-likeness (QED) is 0.296. The predicted octanol–water partition coefficient (Wildman–Crippen LogP) is 2.68. The van der Waals surface area contributed by atoms with Gasteiger partial charge in [-0.3, -0.25) is 18.9 Å². The zero-order valence-electron chi connectivity index (χ0n) is 21.2. The highest BCUT2D eigenvalue weighted by Crippen LogP contribution is 2.31. The Morgan fingerprint density at radius 3 is 2.70 bits per heavy atom. The standard InChI is InChI=1S/C25H23ClFN7O5S/c1-34-22-13(10-30-25(32-22)31-15-6-7-20(35)28-12-15)8-17(24(34)36)16-4-3-5-18(21(16)27)33-40(37,38)19-9-14(26)11-29-23(19)39-2/h3-5,8-11,15,33H,6-7,12H2,1-2H3,(H,28,35)(H,30,31,32). The molecule has 0 spiro atoms. The molecule has 1 amide bonds. The molecule has 4 heterocycles. The number of rotatable bonds is 7. The lowest BCUT2D eigenvalue weighted by molar-refractivity contribution is -0.122. The molecular formula is C25H23ClFN7O5S. The minimum Gasteiger partial charge on any atom is -0.480 e. The number of benzene rings is 1. The van der Waals surface area contributed by atoms with Gasteiger partial charge in [-0.25, -0.2) is 22.8 Å². The molecule has 5 rings (SSSR count). The SMILES string of the molecule is COc1ncc(Cl)cc1S(=O)(=O)Nc1cccc(-c2cc3cnc(NC4CCC(=O)NC4)nc3n(C)c2=O)c1F. The van der Waals surface area contributed by atoms with E-state index in [0.717, 1.165) is 6.07 Å². The van der Waals surface area contributed by atoms with Gasteiger partial charge in [-0.1, -0.05) is 23.7 Å². The van der Waals surface area contributed by atoms with Gasteiger partial charge in [-0.2, -0.15) is 4.98 Å². The van der Waals surface area contributed by atoms with Crippen molar-refractivity contribution in [2.75, 3.05) is 23.7 Å². The Kier molecular flexibility index (Phi) is 7.29. The van der Waals surface area contributed by atoms with E-state index in [1.54, 1.807) is 0 Å². The fourth-order valence-corrected chi connectivity index (χ4v) is 5.75. The van der Waals surface area contributed by atoms with Crippen LogP contribution in [0.1, 0.15) is 12.8 Å². The number of nitrogens with one attached hydrogen (secondary N) is 3. The third kappa shape index (κ3) is 5.27. The third-order valence-electron chi connectivity index (χ3n) is 6.35. The summed E-state index contributed by atoms with van der Waals surface area (Å²) in [4.78, 5) is 36.9. The number of sulfonamides is 1. The van der Waals surface area contributed by atoms with Crippen LogP contribution in [-0.4, -0.2) is 53.5 Å². The van der Waals surface area contributed by atoms with Crippen LogP contribution in [-0.2, 0) is 21.9 Å². The Morgan fingerprint density at radius 2 is 1.98 bits per heavy atom. The summed E-state index contributed by atoms with van der Waals surface area (Å²) in [6.07, 6.45) is 3.72. The summed E-state index contributed by atoms with van der Waals surface area (Å²) in [6.45, 7) is 0.429. The van der Waals surface area contributed by atoms with Crippen molar-refractivity contribution in [3.8, 4) is 17.0 Å². The molecule has 1 aliphatic rings. The molecule has 1 saturated heterocycles. The van der Waals surface area contributed by atoms with Crippen molar-refractivity contribution in [1.82, 2.24) is 24.8 Å². The van der Waals surface area contributed by atoms with Gasteiger partial charge in [0.15, 0.2) is 10.7 Å². The van der Waals surface area contributed by atoms with Gasteiger partial charge in [0.2, 0.25) is 17.7 Å². The van der Waals surface area contributed by atoms with Gasteiger partial charge >= 0.3 is 0 Å².